The maximum atomic E-state index is 10.3. The number of aromatic hydroxyl groups is 1. The van der Waals surface area contributed by atoms with Crippen molar-refractivity contribution in [2.75, 3.05) is 18.5 Å². The number of phenols is 1. The van der Waals surface area contributed by atoms with Gasteiger partial charge in [0.05, 0.1) is 18.4 Å². The molecule has 0 amide bonds. The van der Waals surface area contributed by atoms with Crippen molar-refractivity contribution in [3.63, 3.8) is 0 Å². The van der Waals surface area contributed by atoms with E-state index in [0.29, 0.717) is 22.1 Å². The molecule has 1 unspecified atom stereocenters. The van der Waals surface area contributed by atoms with Gasteiger partial charge in [-0.1, -0.05) is 45.7 Å². The number of nitrogens with one attached hydrogen (secondary N) is 1. The van der Waals surface area contributed by atoms with E-state index in [1.165, 1.54) is 0 Å². The average molecular weight is 450 g/mol. The van der Waals surface area contributed by atoms with Crippen LogP contribution in [0.1, 0.15) is 0 Å². The topological polar surface area (TPSA) is 85.6 Å². The molecular formula is C20H18BrClN2O3. The molecule has 2 aromatic carbocycles. The second kappa shape index (κ2) is 8.71. The molecule has 1 heterocycles. The molecule has 0 aliphatic rings. The summed E-state index contributed by atoms with van der Waals surface area (Å²) in [6.07, 6.45) is -0.904. The quantitative estimate of drug-likeness (QED) is 0.451. The number of aliphatic hydroxyl groups excluding tert-OH is 2. The third kappa shape index (κ3) is 4.78. The highest BCUT2D eigenvalue weighted by molar-refractivity contribution is 9.10. The highest BCUT2D eigenvalue weighted by Crippen LogP contribution is 2.36. The van der Waals surface area contributed by atoms with Crippen molar-refractivity contribution in [3.05, 3.63) is 64.1 Å². The van der Waals surface area contributed by atoms with Gasteiger partial charge in [-0.05, 0) is 42.0 Å². The molecule has 0 saturated heterocycles. The maximum absolute atomic E-state index is 10.3. The normalized spacial score (nSPS) is 12.0. The fourth-order valence-corrected chi connectivity index (χ4v) is 3.22. The summed E-state index contributed by atoms with van der Waals surface area (Å²) in [5, 5.41) is 32.5. The molecule has 0 radical (unpaired) electrons. The summed E-state index contributed by atoms with van der Waals surface area (Å²) in [5.41, 5.74) is 2.74. The maximum Gasteiger partial charge on any atom is 0.127 e. The Bertz CT molecular complexity index is 952. The Hall–Kier alpha value is -2.12. The minimum Gasteiger partial charge on any atom is -0.507 e. The molecule has 0 aliphatic heterocycles. The van der Waals surface area contributed by atoms with Gasteiger partial charge in [0.25, 0.3) is 0 Å². The molecule has 7 heteroatoms. The number of anilines is 1. The molecule has 0 bridgehead atoms. The standard InChI is InChI=1S/C20H18BrClN2O3/c21-13-5-6-19(27)16(9-13)18-7-12(15-3-1-2-4-17(15)22)8-20(24-18)23-10-14(26)11-25/h1-9,14,25-27H,10-11H2,(H,23,24). The van der Waals surface area contributed by atoms with E-state index < -0.39 is 6.10 Å². The molecule has 0 fully saturated rings. The summed E-state index contributed by atoms with van der Waals surface area (Å²) >= 11 is 9.76. The van der Waals surface area contributed by atoms with Gasteiger partial charge in [-0.15, -0.1) is 0 Å². The van der Waals surface area contributed by atoms with Crippen LogP contribution in [0.25, 0.3) is 22.4 Å². The fourth-order valence-electron chi connectivity index (χ4n) is 2.61. The first kappa shape index (κ1) is 19.6. The Kier molecular flexibility index (Phi) is 6.34. The Balaban J connectivity index is 2.11. The second-order valence-electron chi connectivity index (χ2n) is 5.98. The SMILES string of the molecule is OCC(O)CNc1cc(-c2ccccc2Cl)cc(-c2cc(Br)ccc2O)n1. The number of phenolic OH excluding ortho intramolecular Hbond substituents is 1. The second-order valence-corrected chi connectivity index (χ2v) is 7.31. The smallest absolute Gasteiger partial charge is 0.127 e. The van der Waals surface area contributed by atoms with Crippen molar-refractivity contribution < 1.29 is 15.3 Å². The van der Waals surface area contributed by atoms with Crippen LogP contribution in [0.5, 0.6) is 5.75 Å². The Morgan fingerprint density at radius 1 is 1.07 bits per heavy atom. The highest BCUT2D eigenvalue weighted by atomic mass is 79.9. The van der Waals surface area contributed by atoms with Crippen LogP contribution >= 0.6 is 27.5 Å². The van der Waals surface area contributed by atoms with Crippen molar-refractivity contribution >= 4 is 33.3 Å². The highest BCUT2D eigenvalue weighted by Gasteiger charge is 2.13. The van der Waals surface area contributed by atoms with Gasteiger partial charge >= 0.3 is 0 Å². The molecule has 4 N–H and O–H groups in total. The summed E-state index contributed by atoms with van der Waals surface area (Å²) in [4.78, 5) is 4.54. The van der Waals surface area contributed by atoms with Crippen LogP contribution in [0.4, 0.5) is 5.82 Å². The summed E-state index contributed by atoms with van der Waals surface area (Å²) in [6.45, 7) is -0.212. The van der Waals surface area contributed by atoms with E-state index in [1.54, 1.807) is 24.3 Å². The minimum atomic E-state index is -0.904. The fraction of sp³-hybridized carbons (Fsp3) is 0.150. The van der Waals surface area contributed by atoms with Crippen LogP contribution in [-0.2, 0) is 0 Å². The number of hydrogen-bond acceptors (Lipinski definition) is 5. The first-order valence-corrected chi connectivity index (χ1v) is 9.43. The predicted molar refractivity (Wildman–Crippen MR) is 111 cm³/mol. The van der Waals surface area contributed by atoms with E-state index in [1.807, 2.05) is 30.3 Å². The zero-order chi connectivity index (χ0) is 19.4. The summed E-state index contributed by atoms with van der Waals surface area (Å²) in [5.74, 6) is 0.595. The third-order valence-corrected chi connectivity index (χ3v) is 4.80. The Morgan fingerprint density at radius 2 is 1.85 bits per heavy atom. The molecule has 3 rings (SSSR count). The van der Waals surface area contributed by atoms with Crippen LogP contribution in [-0.4, -0.2) is 39.6 Å². The van der Waals surface area contributed by atoms with Crippen molar-refractivity contribution in [1.82, 2.24) is 4.98 Å². The van der Waals surface area contributed by atoms with Crippen molar-refractivity contribution in [1.29, 1.82) is 0 Å². The van der Waals surface area contributed by atoms with Gasteiger partial charge in [-0.2, -0.15) is 0 Å². The molecule has 0 saturated carbocycles. The summed E-state index contributed by atoms with van der Waals surface area (Å²) in [6, 6.07) is 16.2. The monoisotopic (exact) mass is 448 g/mol. The van der Waals surface area contributed by atoms with Crippen molar-refractivity contribution in [3.8, 4) is 28.1 Å². The molecule has 3 aromatic rings. The van der Waals surface area contributed by atoms with E-state index >= 15 is 0 Å². The van der Waals surface area contributed by atoms with Gasteiger partial charge in [-0.25, -0.2) is 4.98 Å². The van der Waals surface area contributed by atoms with Crippen LogP contribution in [0.15, 0.2) is 59.1 Å². The lowest BCUT2D eigenvalue weighted by Crippen LogP contribution is -2.23. The van der Waals surface area contributed by atoms with Crippen LogP contribution in [0.3, 0.4) is 0 Å². The van der Waals surface area contributed by atoms with E-state index in [0.717, 1.165) is 15.6 Å². The number of nitrogens with zero attached hydrogens (tertiary/aromatic N) is 1. The Morgan fingerprint density at radius 3 is 2.59 bits per heavy atom. The third-order valence-electron chi connectivity index (χ3n) is 3.97. The lowest BCUT2D eigenvalue weighted by molar-refractivity contribution is 0.105. The van der Waals surface area contributed by atoms with E-state index in [9.17, 15) is 10.2 Å². The van der Waals surface area contributed by atoms with E-state index in [2.05, 4.69) is 26.2 Å². The summed E-state index contributed by atoms with van der Waals surface area (Å²) < 4.78 is 0.811. The number of aliphatic hydroxyl groups is 2. The number of halogens is 2. The minimum absolute atomic E-state index is 0.100. The first-order chi connectivity index (χ1) is 13.0. The zero-order valence-electron chi connectivity index (χ0n) is 14.2. The number of hydrogen-bond donors (Lipinski definition) is 4. The Labute approximate surface area is 170 Å². The molecule has 0 spiro atoms. The lowest BCUT2D eigenvalue weighted by Gasteiger charge is -2.14. The zero-order valence-corrected chi connectivity index (χ0v) is 16.6. The largest absolute Gasteiger partial charge is 0.507 e. The number of rotatable bonds is 6. The molecule has 0 aliphatic carbocycles. The van der Waals surface area contributed by atoms with Gasteiger partial charge in [0.1, 0.15) is 11.6 Å². The van der Waals surface area contributed by atoms with Crippen molar-refractivity contribution in [2.45, 2.75) is 6.10 Å². The number of aromatic nitrogens is 1. The number of benzene rings is 2. The van der Waals surface area contributed by atoms with Gasteiger partial charge < -0.3 is 20.6 Å². The summed E-state index contributed by atoms with van der Waals surface area (Å²) in [7, 11) is 0. The predicted octanol–water partition coefficient (Wildman–Crippen LogP) is 4.30. The van der Waals surface area contributed by atoms with Gasteiger partial charge in [0.2, 0.25) is 0 Å². The molecule has 5 nitrogen and oxygen atoms in total. The van der Waals surface area contributed by atoms with Crippen LogP contribution in [0.2, 0.25) is 5.02 Å². The average Bonchev–Trinajstić information content (AvgIpc) is 2.68. The molecule has 140 valence electrons. The van der Waals surface area contributed by atoms with Crippen molar-refractivity contribution in [2.24, 2.45) is 0 Å². The first-order valence-electron chi connectivity index (χ1n) is 8.26. The van der Waals surface area contributed by atoms with E-state index in [-0.39, 0.29) is 18.9 Å². The van der Waals surface area contributed by atoms with Gasteiger partial charge in [0, 0.05) is 27.2 Å². The number of pyridine rings is 1. The molecule has 1 aromatic heterocycles. The molecule has 27 heavy (non-hydrogen) atoms. The molecule has 1 atom stereocenters. The van der Waals surface area contributed by atoms with Gasteiger partial charge in [-0.3, -0.25) is 0 Å². The lowest BCUT2D eigenvalue weighted by atomic mass is 10.0. The van der Waals surface area contributed by atoms with Gasteiger partial charge in [0.15, 0.2) is 0 Å². The van der Waals surface area contributed by atoms with Crippen LogP contribution < -0.4 is 5.32 Å². The van der Waals surface area contributed by atoms with E-state index in [4.69, 9.17) is 16.7 Å². The van der Waals surface area contributed by atoms with Crippen LogP contribution in [0, 0.1) is 0 Å². The molecular weight excluding hydrogens is 432 g/mol.